The zero-order valence-electron chi connectivity index (χ0n) is 8.27. The van der Waals surface area contributed by atoms with Crippen LogP contribution in [-0.4, -0.2) is 13.3 Å². The summed E-state index contributed by atoms with van der Waals surface area (Å²) in [6, 6.07) is 14.9. The van der Waals surface area contributed by atoms with Crippen molar-refractivity contribution < 1.29 is 0 Å². The van der Waals surface area contributed by atoms with Crippen molar-refractivity contribution in [3.63, 3.8) is 0 Å². The van der Waals surface area contributed by atoms with Crippen LogP contribution >= 0.6 is 0 Å². The zero-order valence-corrected chi connectivity index (χ0v) is 8.27. The minimum Gasteiger partial charge on any atom is -0.301 e. The molecule has 0 aliphatic rings. The Labute approximate surface area is 84.1 Å². The average molecular weight is 183 g/mol. The lowest BCUT2D eigenvalue weighted by molar-refractivity contribution is 1.33. The third-order valence-electron chi connectivity index (χ3n) is 2.32. The zero-order chi connectivity index (χ0) is 9.80. The van der Waals surface area contributed by atoms with Crippen LogP contribution in [-0.2, 0) is 6.42 Å². The molecule has 0 aromatic heterocycles. The van der Waals surface area contributed by atoms with Crippen LogP contribution in [0.2, 0.25) is 0 Å². The molecular formula is C13H13N. The van der Waals surface area contributed by atoms with Crippen molar-refractivity contribution in [2.45, 2.75) is 6.42 Å². The fraction of sp³-hybridized carbons (Fsp3) is 0.154. The number of hydrogen-bond acceptors (Lipinski definition) is 1. The normalized spacial score (nSPS) is 11.2. The summed E-state index contributed by atoms with van der Waals surface area (Å²) in [5.41, 5.74) is 1.31. The van der Waals surface area contributed by atoms with Crippen molar-refractivity contribution in [1.29, 1.82) is 0 Å². The first kappa shape index (κ1) is 8.95. The van der Waals surface area contributed by atoms with E-state index in [-0.39, 0.29) is 0 Å². The van der Waals surface area contributed by atoms with Gasteiger partial charge in [-0.3, -0.25) is 0 Å². The van der Waals surface area contributed by atoms with Gasteiger partial charge < -0.3 is 4.99 Å². The lowest BCUT2D eigenvalue weighted by Gasteiger charge is -2.00. The quantitative estimate of drug-likeness (QED) is 0.634. The highest BCUT2D eigenvalue weighted by atomic mass is 14.6. The van der Waals surface area contributed by atoms with Crippen molar-refractivity contribution in [1.82, 2.24) is 0 Å². The molecule has 2 aromatic rings. The highest BCUT2D eigenvalue weighted by Crippen LogP contribution is 2.15. The molecule has 2 aromatic carbocycles. The minimum atomic E-state index is 0.918. The molecule has 0 unspecified atom stereocenters. The van der Waals surface area contributed by atoms with E-state index in [1.54, 1.807) is 7.05 Å². The van der Waals surface area contributed by atoms with E-state index >= 15 is 0 Å². The minimum absolute atomic E-state index is 0.918. The van der Waals surface area contributed by atoms with Gasteiger partial charge in [0.1, 0.15) is 0 Å². The third kappa shape index (κ3) is 1.82. The standard InChI is InChI=1S/C13H13N/c1-14-9-8-11-6-7-12-4-2-3-5-13(12)10-11/h2-7,9-10H,8H2,1H3. The van der Waals surface area contributed by atoms with Crippen LogP contribution < -0.4 is 0 Å². The van der Waals surface area contributed by atoms with Crippen LogP contribution in [0.1, 0.15) is 5.56 Å². The molecule has 0 aliphatic heterocycles. The van der Waals surface area contributed by atoms with Crippen molar-refractivity contribution in [2.24, 2.45) is 4.99 Å². The SMILES string of the molecule is CN=CCc1ccc2ccccc2c1. The number of rotatable bonds is 2. The summed E-state index contributed by atoms with van der Waals surface area (Å²) in [5, 5.41) is 2.60. The van der Waals surface area contributed by atoms with Gasteiger partial charge in [0.25, 0.3) is 0 Å². The number of fused-ring (bicyclic) bond motifs is 1. The maximum atomic E-state index is 3.99. The molecule has 14 heavy (non-hydrogen) atoms. The highest BCUT2D eigenvalue weighted by molar-refractivity contribution is 5.83. The van der Waals surface area contributed by atoms with Gasteiger partial charge in [-0.25, -0.2) is 0 Å². The predicted octanol–water partition coefficient (Wildman–Crippen LogP) is 3.08. The molecule has 2 rings (SSSR count). The van der Waals surface area contributed by atoms with Gasteiger partial charge >= 0.3 is 0 Å². The highest BCUT2D eigenvalue weighted by Gasteiger charge is 1.93. The fourth-order valence-corrected chi connectivity index (χ4v) is 1.56. The van der Waals surface area contributed by atoms with Gasteiger partial charge in [0.15, 0.2) is 0 Å². The average Bonchev–Trinajstić information content (AvgIpc) is 2.26. The first-order valence-corrected chi connectivity index (χ1v) is 4.78. The second kappa shape index (κ2) is 4.05. The van der Waals surface area contributed by atoms with Gasteiger partial charge in [0.05, 0.1) is 0 Å². The van der Waals surface area contributed by atoms with Gasteiger partial charge in [-0.2, -0.15) is 0 Å². The van der Waals surface area contributed by atoms with Crippen molar-refractivity contribution in [3.05, 3.63) is 48.0 Å². The summed E-state index contributed by atoms with van der Waals surface area (Å²) < 4.78 is 0. The number of aliphatic imine (C=N–C) groups is 1. The Morgan fingerprint density at radius 1 is 1.07 bits per heavy atom. The van der Waals surface area contributed by atoms with Crippen molar-refractivity contribution in [2.75, 3.05) is 7.05 Å². The molecule has 0 heterocycles. The van der Waals surface area contributed by atoms with Gasteiger partial charge in [-0.15, -0.1) is 0 Å². The molecular weight excluding hydrogens is 170 g/mol. The van der Waals surface area contributed by atoms with Crippen LogP contribution in [0.4, 0.5) is 0 Å². The maximum Gasteiger partial charge on any atom is 0.0273 e. The number of benzene rings is 2. The van der Waals surface area contributed by atoms with Gasteiger partial charge in [0.2, 0.25) is 0 Å². The number of nitrogens with zero attached hydrogens (tertiary/aromatic N) is 1. The molecule has 0 spiro atoms. The lowest BCUT2D eigenvalue weighted by atomic mass is 10.1. The first-order valence-electron chi connectivity index (χ1n) is 4.78. The van der Waals surface area contributed by atoms with Gasteiger partial charge in [0, 0.05) is 19.7 Å². The largest absolute Gasteiger partial charge is 0.301 e. The summed E-state index contributed by atoms with van der Waals surface area (Å²) in [6.45, 7) is 0. The summed E-state index contributed by atoms with van der Waals surface area (Å²) in [7, 11) is 1.81. The lowest BCUT2D eigenvalue weighted by Crippen LogP contribution is -1.85. The molecule has 0 saturated heterocycles. The Hall–Kier alpha value is -1.63. The number of hydrogen-bond donors (Lipinski definition) is 0. The van der Waals surface area contributed by atoms with Crippen LogP contribution in [0.15, 0.2) is 47.5 Å². The Bertz CT molecular complexity index is 457. The van der Waals surface area contributed by atoms with Gasteiger partial charge in [-0.1, -0.05) is 42.5 Å². The van der Waals surface area contributed by atoms with E-state index in [0.717, 1.165) is 6.42 Å². The fourth-order valence-electron chi connectivity index (χ4n) is 1.56. The first-order chi connectivity index (χ1) is 6.90. The van der Waals surface area contributed by atoms with Crippen LogP contribution in [0.5, 0.6) is 0 Å². The molecule has 1 nitrogen and oxygen atoms in total. The van der Waals surface area contributed by atoms with Gasteiger partial charge in [-0.05, 0) is 16.3 Å². The molecule has 0 N–H and O–H groups in total. The maximum absolute atomic E-state index is 3.99. The van der Waals surface area contributed by atoms with Crippen LogP contribution in [0.3, 0.4) is 0 Å². The molecule has 1 heteroatoms. The summed E-state index contributed by atoms with van der Waals surface area (Å²) in [6.07, 6.45) is 2.85. The Morgan fingerprint density at radius 3 is 2.64 bits per heavy atom. The van der Waals surface area contributed by atoms with E-state index in [9.17, 15) is 0 Å². The van der Waals surface area contributed by atoms with Crippen molar-refractivity contribution in [3.8, 4) is 0 Å². The summed E-state index contributed by atoms with van der Waals surface area (Å²) in [5.74, 6) is 0. The van der Waals surface area contributed by atoms with Crippen LogP contribution in [0, 0.1) is 0 Å². The van der Waals surface area contributed by atoms with E-state index in [2.05, 4.69) is 47.5 Å². The van der Waals surface area contributed by atoms with E-state index in [1.807, 2.05) is 6.21 Å². The summed E-state index contributed by atoms with van der Waals surface area (Å²) in [4.78, 5) is 3.99. The van der Waals surface area contributed by atoms with Crippen LogP contribution in [0.25, 0.3) is 10.8 Å². The smallest absolute Gasteiger partial charge is 0.0273 e. The molecule has 0 amide bonds. The molecule has 70 valence electrons. The molecule has 0 aliphatic carbocycles. The molecule has 0 bridgehead atoms. The molecule has 0 atom stereocenters. The van der Waals surface area contributed by atoms with E-state index in [1.165, 1.54) is 16.3 Å². The van der Waals surface area contributed by atoms with E-state index in [4.69, 9.17) is 0 Å². The Morgan fingerprint density at radius 2 is 1.86 bits per heavy atom. The Balaban J connectivity index is 2.41. The predicted molar refractivity (Wildman–Crippen MR) is 62.1 cm³/mol. The Kier molecular flexibility index (Phi) is 2.59. The summed E-state index contributed by atoms with van der Waals surface area (Å²) >= 11 is 0. The van der Waals surface area contributed by atoms with E-state index < -0.39 is 0 Å². The molecule has 0 fully saturated rings. The monoisotopic (exact) mass is 183 g/mol. The second-order valence-electron chi connectivity index (χ2n) is 3.33. The third-order valence-corrected chi connectivity index (χ3v) is 2.32. The van der Waals surface area contributed by atoms with Crippen molar-refractivity contribution >= 4 is 17.0 Å². The molecule has 0 saturated carbocycles. The topological polar surface area (TPSA) is 12.4 Å². The molecule has 0 radical (unpaired) electrons. The second-order valence-corrected chi connectivity index (χ2v) is 3.33. The van der Waals surface area contributed by atoms with E-state index in [0.29, 0.717) is 0 Å².